The molecule has 0 aliphatic carbocycles. The van der Waals surface area contributed by atoms with Crippen LogP contribution in [0.3, 0.4) is 0 Å². The summed E-state index contributed by atoms with van der Waals surface area (Å²) < 4.78 is 28.9. The smallest absolute Gasteiger partial charge is 0.286 e. The number of nitrogens with one attached hydrogen (secondary N) is 1. The van der Waals surface area contributed by atoms with Gasteiger partial charge in [0.2, 0.25) is 0 Å². The van der Waals surface area contributed by atoms with Crippen LogP contribution in [0.15, 0.2) is 21.4 Å². The van der Waals surface area contributed by atoms with Gasteiger partial charge in [-0.1, -0.05) is 18.0 Å². The van der Waals surface area contributed by atoms with Crippen molar-refractivity contribution in [3.05, 3.63) is 22.7 Å². The fourth-order valence-corrected chi connectivity index (χ4v) is 4.44. The van der Waals surface area contributed by atoms with Gasteiger partial charge in [-0.3, -0.25) is 4.79 Å². The standard InChI is InChI=1S/C15H18ClN3O3S/c1-2-17-15(20)10-8-13-12(9-11(10)16)19-7-5-3-4-6-14(19)18-23(13,21)22/h8-9H,2-7H2,1H3,(H,17,20). The van der Waals surface area contributed by atoms with E-state index in [4.69, 9.17) is 11.6 Å². The van der Waals surface area contributed by atoms with E-state index in [1.165, 1.54) is 6.07 Å². The van der Waals surface area contributed by atoms with E-state index in [0.717, 1.165) is 19.3 Å². The van der Waals surface area contributed by atoms with Crippen molar-refractivity contribution in [2.45, 2.75) is 37.5 Å². The van der Waals surface area contributed by atoms with E-state index < -0.39 is 10.0 Å². The molecule has 0 saturated carbocycles. The Balaban J connectivity index is 2.16. The fraction of sp³-hybridized carbons (Fsp3) is 0.467. The molecule has 2 aliphatic rings. The summed E-state index contributed by atoms with van der Waals surface area (Å²) in [6, 6.07) is 2.90. The molecule has 0 aromatic heterocycles. The second-order valence-corrected chi connectivity index (χ2v) is 7.58. The van der Waals surface area contributed by atoms with Crippen molar-refractivity contribution in [2.75, 3.05) is 18.0 Å². The molecule has 1 aromatic rings. The molecule has 0 spiro atoms. The van der Waals surface area contributed by atoms with Crippen LogP contribution in [0, 0.1) is 0 Å². The van der Waals surface area contributed by atoms with Crippen molar-refractivity contribution in [3.8, 4) is 0 Å². The molecular formula is C15H18ClN3O3S. The molecule has 1 N–H and O–H groups in total. The third-order valence-corrected chi connectivity index (χ3v) is 5.67. The van der Waals surface area contributed by atoms with Crippen molar-refractivity contribution in [3.63, 3.8) is 0 Å². The maximum atomic E-state index is 12.5. The Morgan fingerprint density at radius 3 is 2.87 bits per heavy atom. The van der Waals surface area contributed by atoms with E-state index in [1.807, 2.05) is 4.90 Å². The average Bonchev–Trinajstić information content (AvgIpc) is 2.71. The Morgan fingerprint density at radius 2 is 2.13 bits per heavy atom. The van der Waals surface area contributed by atoms with Crippen molar-refractivity contribution < 1.29 is 13.2 Å². The van der Waals surface area contributed by atoms with Crippen molar-refractivity contribution in [1.82, 2.24) is 5.32 Å². The molecule has 0 unspecified atom stereocenters. The van der Waals surface area contributed by atoms with Gasteiger partial charge in [-0.25, -0.2) is 0 Å². The van der Waals surface area contributed by atoms with E-state index in [9.17, 15) is 13.2 Å². The number of fused-ring (bicyclic) bond motifs is 3. The highest BCUT2D eigenvalue weighted by atomic mass is 35.5. The number of carbonyl (C=O) groups excluding carboxylic acids is 1. The summed E-state index contributed by atoms with van der Waals surface area (Å²) in [5.74, 6) is 0.179. The third-order valence-electron chi connectivity index (χ3n) is 4.02. The van der Waals surface area contributed by atoms with Crippen LogP contribution >= 0.6 is 11.6 Å². The summed E-state index contributed by atoms with van der Waals surface area (Å²) in [6.45, 7) is 2.93. The van der Waals surface area contributed by atoms with Crippen molar-refractivity contribution in [2.24, 2.45) is 4.40 Å². The van der Waals surface area contributed by atoms with Crippen LogP contribution in [-0.4, -0.2) is 33.3 Å². The van der Waals surface area contributed by atoms with Gasteiger partial charge in [0.25, 0.3) is 15.9 Å². The zero-order valence-electron chi connectivity index (χ0n) is 12.8. The van der Waals surface area contributed by atoms with Crippen LogP contribution in [0.1, 0.15) is 43.0 Å². The predicted octanol–water partition coefficient (Wildman–Crippen LogP) is 2.57. The summed E-state index contributed by atoms with van der Waals surface area (Å²) in [4.78, 5) is 14.0. The minimum atomic E-state index is -3.81. The highest BCUT2D eigenvalue weighted by molar-refractivity contribution is 7.90. The van der Waals surface area contributed by atoms with Gasteiger partial charge in [-0.15, -0.1) is 4.40 Å². The molecule has 1 saturated heterocycles. The molecule has 0 bridgehead atoms. The lowest BCUT2D eigenvalue weighted by Gasteiger charge is -2.30. The highest BCUT2D eigenvalue weighted by Crippen LogP contribution is 2.37. The number of amidine groups is 1. The van der Waals surface area contributed by atoms with E-state index in [-0.39, 0.29) is 21.4 Å². The van der Waals surface area contributed by atoms with Gasteiger partial charge in [0.05, 0.1) is 16.3 Å². The Labute approximate surface area is 140 Å². The molecule has 2 aliphatic heterocycles. The van der Waals surface area contributed by atoms with Crippen molar-refractivity contribution >= 4 is 39.1 Å². The Morgan fingerprint density at radius 1 is 1.35 bits per heavy atom. The maximum Gasteiger partial charge on any atom is 0.286 e. The SMILES string of the molecule is CCNC(=O)c1cc2c(cc1Cl)N1CCCCCC1=NS2(=O)=O. The maximum absolute atomic E-state index is 12.5. The Kier molecular flexibility index (Phi) is 4.33. The van der Waals surface area contributed by atoms with Gasteiger partial charge in [0.15, 0.2) is 0 Å². The van der Waals surface area contributed by atoms with E-state index in [0.29, 0.717) is 31.0 Å². The zero-order valence-corrected chi connectivity index (χ0v) is 14.4. The summed E-state index contributed by atoms with van der Waals surface area (Å²) >= 11 is 6.23. The number of hydrogen-bond acceptors (Lipinski definition) is 4. The van der Waals surface area contributed by atoms with Crippen LogP contribution in [0.2, 0.25) is 5.02 Å². The van der Waals surface area contributed by atoms with Crippen LogP contribution in [0.5, 0.6) is 0 Å². The molecule has 0 radical (unpaired) electrons. The molecule has 0 atom stereocenters. The lowest BCUT2D eigenvalue weighted by Crippen LogP contribution is -2.35. The molecule has 3 rings (SSSR count). The summed E-state index contributed by atoms with van der Waals surface area (Å²) in [7, 11) is -3.81. The van der Waals surface area contributed by atoms with Gasteiger partial charge in [-0.05, 0) is 31.9 Å². The number of hydrogen-bond donors (Lipinski definition) is 1. The molecule has 2 heterocycles. The van der Waals surface area contributed by atoms with Gasteiger partial charge in [0, 0.05) is 19.5 Å². The Hall–Kier alpha value is -1.60. The third kappa shape index (κ3) is 2.95. The van der Waals surface area contributed by atoms with Crippen LogP contribution in [0.25, 0.3) is 0 Å². The molecule has 6 nitrogen and oxygen atoms in total. The van der Waals surface area contributed by atoms with Crippen LogP contribution in [0.4, 0.5) is 5.69 Å². The minimum Gasteiger partial charge on any atom is -0.352 e. The van der Waals surface area contributed by atoms with E-state index >= 15 is 0 Å². The summed E-state index contributed by atoms with van der Waals surface area (Å²) in [5, 5.41) is 2.88. The summed E-state index contributed by atoms with van der Waals surface area (Å²) in [6.07, 6.45) is 3.56. The molecular weight excluding hydrogens is 338 g/mol. The predicted molar refractivity (Wildman–Crippen MR) is 89.9 cm³/mol. The van der Waals surface area contributed by atoms with Crippen LogP contribution < -0.4 is 10.2 Å². The van der Waals surface area contributed by atoms with Gasteiger partial charge < -0.3 is 10.2 Å². The van der Waals surface area contributed by atoms with Gasteiger partial charge in [0.1, 0.15) is 10.7 Å². The highest BCUT2D eigenvalue weighted by Gasteiger charge is 2.33. The number of halogens is 1. The molecule has 1 aromatic carbocycles. The first-order valence-electron chi connectivity index (χ1n) is 7.67. The van der Waals surface area contributed by atoms with Crippen LogP contribution in [-0.2, 0) is 10.0 Å². The monoisotopic (exact) mass is 355 g/mol. The second-order valence-electron chi connectivity index (χ2n) is 5.60. The number of sulfonamides is 1. The molecule has 124 valence electrons. The largest absolute Gasteiger partial charge is 0.352 e. The summed E-state index contributed by atoms with van der Waals surface area (Å²) in [5.41, 5.74) is 0.680. The van der Waals surface area contributed by atoms with Gasteiger partial charge >= 0.3 is 0 Å². The fourth-order valence-electron chi connectivity index (χ4n) is 2.93. The molecule has 23 heavy (non-hydrogen) atoms. The van der Waals surface area contributed by atoms with E-state index in [1.54, 1.807) is 13.0 Å². The zero-order chi connectivity index (χ0) is 16.6. The lowest BCUT2D eigenvalue weighted by molar-refractivity contribution is 0.0956. The topological polar surface area (TPSA) is 78.8 Å². The number of rotatable bonds is 2. The Bertz CT molecular complexity index is 789. The molecule has 1 fully saturated rings. The number of amides is 1. The first kappa shape index (κ1) is 16.3. The molecule has 8 heteroatoms. The van der Waals surface area contributed by atoms with Crippen molar-refractivity contribution in [1.29, 1.82) is 0 Å². The van der Waals surface area contributed by atoms with E-state index in [2.05, 4.69) is 9.71 Å². The number of benzene rings is 1. The first-order chi connectivity index (χ1) is 10.9. The second kappa shape index (κ2) is 6.13. The first-order valence-corrected chi connectivity index (χ1v) is 9.49. The normalized spacial score (nSPS) is 19.2. The lowest BCUT2D eigenvalue weighted by atomic mass is 10.1. The number of carbonyl (C=O) groups is 1. The van der Waals surface area contributed by atoms with Gasteiger partial charge in [-0.2, -0.15) is 8.42 Å². The molecule has 1 amide bonds. The average molecular weight is 356 g/mol. The quantitative estimate of drug-likeness (QED) is 0.884. The number of anilines is 1. The minimum absolute atomic E-state index is 0.0498. The number of nitrogens with zero attached hydrogens (tertiary/aromatic N) is 2.